The molecule has 0 N–H and O–H groups in total. The maximum absolute atomic E-state index is 5.56. The highest BCUT2D eigenvalue weighted by atomic mass is 15.0. The van der Waals surface area contributed by atoms with Crippen LogP contribution in [0.1, 0.15) is 22.3 Å². The molecule has 5 nitrogen and oxygen atoms in total. The second-order valence-electron chi connectivity index (χ2n) is 16.2. The number of aryl methyl sites for hydroxylation is 4. The number of rotatable bonds is 6. The van der Waals surface area contributed by atoms with Crippen LogP contribution < -0.4 is 0 Å². The third kappa shape index (κ3) is 6.34. The quantitative estimate of drug-likeness (QED) is 0.158. The maximum atomic E-state index is 5.56. The summed E-state index contributed by atoms with van der Waals surface area (Å²) in [5.41, 5.74) is 16.2. The van der Waals surface area contributed by atoms with Crippen molar-refractivity contribution in [3.05, 3.63) is 198 Å². The van der Waals surface area contributed by atoms with E-state index in [1.807, 2.05) is 0 Å². The SMILES string of the molecule is Cc1cc(C)cc(-c2nc(-c3ccc(-c4cccc5c4nc(-c4ccccc4)c4ccc6c(c7ccccc7n6-c6ccccc6)c45)cc3)nc(-c3cc(C)cc(C)c3)n2)c1. The molecule has 0 amide bonds. The highest BCUT2D eigenvalue weighted by Crippen LogP contribution is 2.44. The fraction of sp³-hybridized carbons (Fsp3) is 0.0714. The Kier molecular flexibility index (Phi) is 8.64. The summed E-state index contributed by atoms with van der Waals surface area (Å²) < 4.78 is 2.39. The van der Waals surface area contributed by atoms with Gasteiger partial charge in [-0.2, -0.15) is 0 Å². The van der Waals surface area contributed by atoms with Crippen LogP contribution in [0.3, 0.4) is 0 Å². The largest absolute Gasteiger partial charge is 0.309 e. The van der Waals surface area contributed by atoms with Crippen molar-refractivity contribution in [2.75, 3.05) is 0 Å². The number of aromatic nitrogens is 5. The molecule has 0 radical (unpaired) electrons. The molecule has 0 fully saturated rings. The smallest absolute Gasteiger partial charge is 0.164 e. The number of fused-ring (bicyclic) bond motifs is 7. The van der Waals surface area contributed by atoms with Gasteiger partial charge >= 0.3 is 0 Å². The number of nitrogens with zero attached hydrogens (tertiary/aromatic N) is 5. The van der Waals surface area contributed by atoms with E-state index in [0.717, 1.165) is 61.1 Å². The lowest BCUT2D eigenvalue weighted by Gasteiger charge is -2.15. The van der Waals surface area contributed by atoms with E-state index in [4.69, 9.17) is 19.9 Å². The van der Waals surface area contributed by atoms with Crippen LogP contribution in [0.25, 0.3) is 106 Å². The Hall–Kier alpha value is -7.76. The van der Waals surface area contributed by atoms with Gasteiger partial charge in [-0.3, -0.25) is 0 Å². The lowest BCUT2D eigenvalue weighted by atomic mass is 9.93. The number of para-hydroxylation sites is 3. The summed E-state index contributed by atoms with van der Waals surface area (Å²) in [5, 5.41) is 5.89. The molecule has 11 rings (SSSR count). The normalized spacial score (nSPS) is 11.6. The maximum Gasteiger partial charge on any atom is 0.164 e. The van der Waals surface area contributed by atoms with Gasteiger partial charge < -0.3 is 4.57 Å². The molecule has 3 heterocycles. The lowest BCUT2D eigenvalue weighted by molar-refractivity contribution is 1.07. The predicted octanol–water partition coefficient (Wildman–Crippen LogP) is 14.2. The van der Waals surface area contributed by atoms with Gasteiger partial charge in [-0.1, -0.05) is 150 Å². The Bertz CT molecular complexity index is 3390. The van der Waals surface area contributed by atoms with Gasteiger partial charge in [0, 0.05) is 60.4 Å². The molecule has 0 aliphatic heterocycles. The van der Waals surface area contributed by atoms with Crippen molar-refractivity contribution in [3.63, 3.8) is 0 Å². The van der Waals surface area contributed by atoms with Crippen LogP contribution >= 0.6 is 0 Å². The van der Waals surface area contributed by atoms with Crippen molar-refractivity contribution in [2.24, 2.45) is 0 Å². The summed E-state index contributed by atoms with van der Waals surface area (Å²) in [4.78, 5) is 20.8. The Balaban J connectivity index is 1.12. The topological polar surface area (TPSA) is 56.5 Å². The van der Waals surface area contributed by atoms with E-state index in [1.54, 1.807) is 0 Å². The van der Waals surface area contributed by atoms with Crippen molar-refractivity contribution in [2.45, 2.75) is 27.7 Å². The van der Waals surface area contributed by atoms with Gasteiger partial charge in [0.1, 0.15) is 0 Å². The minimum atomic E-state index is 0.635. The molecule has 0 saturated carbocycles. The number of benzene rings is 8. The first-order chi connectivity index (χ1) is 29.9. The molecular formula is C56H41N5. The van der Waals surface area contributed by atoms with Gasteiger partial charge in [-0.05, 0) is 81.8 Å². The second-order valence-corrected chi connectivity index (χ2v) is 16.2. The first kappa shape index (κ1) is 36.3. The van der Waals surface area contributed by atoms with E-state index < -0.39 is 0 Å². The molecular weight excluding hydrogens is 743 g/mol. The van der Waals surface area contributed by atoms with Crippen LogP contribution in [-0.2, 0) is 0 Å². The van der Waals surface area contributed by atoms with Crippen LogP contribution in [0, 0.1) is 27.7 Å². The van der Waals surface area contributed by atoms with Crippen LogP contribution in [0.15, 0.2) is 176 Å². The van der Waals surface area contributed by atoms with E-state index in [-0.39, 0.29) is 0 Å². The van der Waals surface area contributed by atoms with E-state index in [1.165, 1.54) is 49.4 Å². The molecule has 3 aromatic heterocycles. The third-order valence-corrected chi connectivity index (χ3v) is 11.7. The zero-order chi connectivity index (χ0) is 41.2. The molecule has 8 aromatic carbocycles. The van der Waals surface area contributed by atoms with Crippen molar-refractivity contribution < 1.29 is 0 Å². The van der Waals surface area contributed by atoms with Crippen molar-refractivity contribution >= 4 is 43.5 Å². The van der Waals surface area contributed by atoms with Gasteiger partial charge in [0.2, 0.25) is 0 Å². The van der Waals surface area contributed by atoms with Gasteiger partial charge in [0.25, 0.3) is 0 Å². The summed E-state index contributed by atoms with van der Waals surface area (Å²) in [6.45, 7) is 8.45. The van der Waals surface area contributed by atoms with E-state index in [9.17, 15) is 0 Å². The molecule has 5 heteroatoms. The average Bonchev–Trinajstić information content (AvgIpc) is 3.63. The van der Waals surface area contributed by atoms with Crippen molar-refractivity contribution in [3.8, 4) is 62.2 Å². The third-order valence-electron chi connectivity index (χ3n) is 11.7. The van der Waals surface area contributed by atoms with Gasteiger partial charge in [0.05, 0.1) is 22.2 Å². The van der Waals surface area contributed by atoms with Crippen LogP contribution in [0.4, 0.5) is 0 Å². The fourth-order valence-corrected chi connectivity index (χ4v) is 9.25. The summed E-state index contributed by atoms with van der Waals surface area (Å²) >= 11 is 0. The first-order valence-corrected chi connectivity index (χ1v) is 20.8. The monoisotopic (exact) mass is 783 g/mol. The molecule has 0 aliphatic carbocycles. The molecule has 0 bridgehead atoms. The molecule has 0 spiro atoms. The van der Waals surface area contributed by atoms with Gasteiger partial charge in [-0.25, -0.2) is 19.9 Å². The lowest BCUT2D eigenvalue weighted by Crippen LogP contribution is -2.01. The Labute approximate surface area is 354 Å². The van der Waals surface area contributed by atoms with E-state index in [2.05, 4.69) is 208 Å². The molecule has 0 saturated heterocycles. The molecule has 0 atom stereocenters. The van der Waals surface area contributed by atoms with Crippen LogP contribution in [-0.4, -0.2) is 24.5 Å². The van der Waals surface area contributed by atoms with Crippen molar-refractivity contribution in [1.29, 1.82) is 0 Å². The first-order valence-electron chi connectivity index (χ1n) is 20.8. The highest BCUT2D eigenvalue weighted by Gasteiger charge is 2.21. The zero-order valence-electron chi connectivity index (χ0n) is 34.5. The molecule has 0 unspecified atom stereocenters. The molecule has 0 aliphatic rings. The predicted molar refractivity (Wildman–Crippen MR) is 253 cm³/mol. The summed E-state index contributed by atoms with van der Waals surface area (Å²) in [7, 11) is 0. The average molecular weight is 784 g/mol. The highest BCUT2D eigenvalue weighted by molar-refractivity contribution is 6.30. The number of hydrogen-bond donors (Lipinski definition) is 0. The minimum absolute atomic E-state index is 0.635. The Morgan fingerprint density at radius 1 is 0.344 bits per heavy atom. The van der Waals surface area contributed by atoms with Gasteiger partial charge in [-0.15, -0.1) is 0 Å². The molecule has 61 heavy (non-hydrogen) atoms. The summed E-state index contributed by atoms with van der Waals surface area (Å²) in [6, 6.07) is 62.7. The Morgan fingerprint density at radius 2 is 0.885 bits per heavy atom. The molecule has 290 valence electrons. The van der Waals surface area contributed by atoms with Gasteiger partial charge in [0.15, 0.2) is 17.5 Å². The summed E-state index contributed by atoms with van der Waals surface area (Å²) in [6.07, 6.45) is 0. The van der Waals surface area contributed by atoms with Crippen LogP contribution in [0.5, 0.6) is 0 Å². The Morgan fingerprint density at radius 3 is 1.52 bits per heavy atom. The number of hydrogen-bond acceptors (Lipinski definition) is 4. The standard InChI is InChI=1S/C56H41N5/c1-34-28-35(2)31-41(30-34)55-58-54(59-56(60-55)42-32-36(3)29-37(4)33-42)40-24-22-38(23-25-40)44-19-13-20-46-50-47(52(57-53(44)46)39-14-7-5-8-15-39)26-27-49-51(50)45-18-11-12-21-48(45)61(49)43-16-9-6-10-17-43/h5-33H,1-4H3. The zero-order valence-corrected chi connectivity index (χ0v) is 34.5. The van der Waals surface area contributed by atoms with E-state index in [0.29, 0.717) is 17.5 Å². The fourth-order valence-electron chi connectivity index (χ4n) is 9.25. The van der Waals surface area contributed by atoms with E-state index >= 15 is 0 Å². The molecule has 11 aromatic rings. The second kappa shape index (κ2) is 14.5. The van der Waals surface area contributed by atoms with Crippen LogP contribution in [0.2, 0.25) is 0 Å². The van der Waals surface area contributed by atoms with Crippen molar-refractivity contribution in [1.82, 2.24) is 24.5 Å². The number of pyridine rings is 1. The minimum Gasteiger partial charge on any atom is -0.309 e. The summed E-state index contributed by atoms with van der Waals surface area (Å²) in [5.74, 6) is 1.96.